The average Bonchev–Trinajstić information content (AvgIpc) is 3.02. The van der Waals surface area contributed by atoms with E-state index in [1.54, 1.807) is 36.2 Å². The number of carbonyl (C=O) groups excluding carboxylic acids is 1. The summed E-state index contributed by atoms with van der Waals surface area (Å²) in [6.45, 7) is 1.31. The molecule has 132 valence electrons. The molecule has 0 unspecified atom stereocenters. The second-order valence-electron chi connectivity index (χ2n) is 6.93. The first-order valence-electron chi connectivity index (χ1n) is 8.85. The van der Waals surface area contributed by atoms with Crippen LogP contribution in [0.5, 0.6) is 0 Å². The second-order valence-corrected chi connectivity index (χ2v) is 8.98. The number of rotatable bonds is 5. The summed E-state index contributed by atoms with van der Waals surface area (Å²) >= 11 is 0. The van der Waals surface area contributed by atoms with Gasteiger partial charge in [0.25, 0.3) is 0 Å². The van der Waals surface area contributed by atoms with Crippen LogP contribution < -0.4 is 4.90 Å². The second kappa shape index (κ2) is 7.23. The molecule has 1 saturated carbocycles. The van der Waals surface area contributed by atoms with Gasteiger partial charge >= 0.3 is 0 Å². The quantitative estimate of drug-likeness (QED) is 0.820. The van der Waals surface area contributed by atoms with E-state index in [0.717, 1.165) is 24.9 Å². The third-order valence-corrected chi connectivity index (χ3v) is 7.01. The number of carbonyl (C=O) groups is 1. The molecule has 0 N–H and O–H groups in total. The summed E-state index contributed by atoms with van der Waals surface area (Å²) < 4.78 is 27.0. The fourth-order valence-corrected chi connectivity index (χ4v) is 4.98. The van der Waals surface area contributed by atoms with E-state index < -0.39 is 10.0 Å². The number of nitrogens with zero attached hydrogens (tertiary/aromatic N) is 2. The topological polar surface area (TPSA) is 57.7 Å². The fraction of sp³-hybridized carbons (Fsp3) is 0.611. The number of sulfonamides is 1. The van der Waals surface area contributed by atoms with Crippen molar-refractivity contribution >= 4 is 21.6 Å². The Balaban J connectivity index is 1.70. The van der Waals surface area contributed by atoms with E-state index in [-0.39, 0.29) is 5.91 Å². The van der Waals surface area contributed by atoms with Crippen molar-refractivity contribution in [3.05, 3.63) is 24.3 Å². The summed E-state index contributed by atoms with van der Waals surface area (Å²) in [5.41, 5.74) is 0.784. The number of anilines is 1. The Hall–Kier alpha value is -1.40. The van der Waals surface area contributed by atoms with Crippen molar-refractivity contribution in [3.63, 3.8) is 0 Å². The Morgan fingerprint density at radius 3 is 2.33 bits per heavy atom. The van der Waals surface area contributed by atoms with Gasteiger partial charge in [-0.2, -0.15) is 0 Å². The molecule has 0 atom stereocenters. The molecule has 0 aromatic heterocycles. The third kappa shape index (κ3) is 3.64. The van der Waals surface area contributed by atoms with Gasteiger partial charge in [-0.25, -0.2) is 12.7 Å². The van der Waals surface area contributed by atoms with Gasteiger partial charge in [0.05, 0.1) is 4.90 Å². The van der Waals surface area contributed by atoms with Crippen LogP contribution in [-0.4, -0.2) is 38.8 Å². The van der Waals surface area contributed by atoms with Crippen LogP contribution in [0.3, 0.4) is 0 Å². The summed E-state index contributed by atoms with van der Waals surface area (Å²) in [6, 6.07) is 6.72. The van der Waals surface area contributed by atoms with E-state index >= 15 is 0 Å². The molecule has 1 aliphatic heterocycles. The highest BCUT2D eigenvalue weighted by Gasteiger charge is 2.26. The lowest BCUT2D eigenvalue weighted by molar-refractivity contribution is -0.117. The lowest BCUT2D eigenvalue weighted by atomic mass is 9.89. The van der Waals surface area contributed by atoms with Gasteiger partial charge < -0.3 is 4.90 Å². The lowest BCUT2D eigenvalue weighted by Gasteiger charge is -2.26. The van der Waals surface area contributed by atoms with Gasteiger partial charge in [0.15, 0.2) is 0 Å². The van der Waals surface area contributed by atoms with Crippen molar-refractivity contribution in [2.45, 2.75) is 49.8 Å². The van der Waals surface area contributed by atoms with Crippen LogP contribution in [0.15, 0.2) is 29.2 Å². The predicted molar refractivity (Wildman–Crippen MR) is 94.4 cm³/mol. The average molecular weight is 350 g/mol. The third-order valence-electron chi connectivity index (χ3n) is 5.17. The molecule has 3 rings (SSSR count). The van der Waals surface area contributed by atoms with Crippen LogP contribution in [0.1, 0.15) is 44.9 Å². The molecule has 2 fully saturated rings. The normalized spacial score (nSPS) is 20.1. The van der Waals surface area contributed by atoms with Crippen molar-refractivity contribution in [1.29, 1.82) is 0 Å². The molecule has 1 aliphatic carbocycles. The SMILES string of the molecule is CN(CC1CCCCC1)S(=O)(=O)c1ccc(N2CCCC2=O)cc1. The Morgan fingerprint density at radius 1 is 1.08 bits per heavy atom. The lowest BCUT2D eigenvalue weighted by Crippen LogP contribution is -2.32. The molecule has 5 nitrogen and oxygen atoms in total. The first kappa shape index (κ1) is 17.4. The van der Waals surface area contributed by atoms with Crippen LogP contribution in [0, 0.1) is 5.92 Å². The smallest absolute Gasteiger partial charge is 0.242 e. The summed E-state index contributed by atoms with van der Waals surface area (Å²) in [7, 11) is -1.79. The van der Waals surface area contributed by atoms with Gasteiger partial charge in [0.2, 0.25) is 15.9 Å². The van der Waals surface area contributed by atoms with Crippen molar-refractivity contribution < 1.29 is 13.2 Å². The van der Waals surface area contributed by atoms with Crippen LogP contribution in [0.4, 0.5) is 5.69 Å². The highest BCUT2D eigenvalue weighted by atomic mass is 32.2. The molecule has 0 spiro atoms. The van der Waals surface area contributed by atoms with Gasteiger partial charge in [-0.1, -0.05) is 19.3 Å². The number of hydrogen-bond acceptors (Lipinski definition) is 3. The predicted octanol–water partition coefficient (Wildman–Crippen LogP) is 3.01. The van der Waals surface area contributed by atoms with Crippen LogP contribution in [0.2, 0.25) is 0 Å². The largest absolute Gasteiger partial charge is 0.312 e. The summed E-state index contributed by atoms with van der Waals surface area (Å²) in [5, 5.41) is 0. The molecule has 0 radical (unpaired) electrons. The first-order chi connectivity index (χ1) is 11.5. The van der Waals surface area contributed by atoms with Gasteiger partial charge in [0, 0.05) is 32.2 Å². The minimum atomic E-state index is -3.46. The minimum absolute atomic E-state index is 0.111. The molecule has 0 bridgehead atoms. The minimum Gasteiger partial charge on any atom is -0.312 e. The maximum Gasteiger partial charge on any atom is 0.242 e. The highest BCUT2D eigenvalue weighted by molar-refractivity contribution is 7.89. The van der Waals surface area contributed by atoms with Crippen molar-refractivity contribution in [2.24, 2.45) is 5.92 Å². The maximum absolute atomic E-state index is 12.7. The van der Waals surface area contributed by atoms with E-state index in [1.807, 2.05) is 0 Å². The maximum atomic E-state index is 12.7. The zero-order valence-electron chi connectivity index (χ0n) is 14.3. The summed E-state index contributed by atoms with van der Waals surface area (Å²) in [6.07, 6.45) is 7.36. The molecule has 2 aliphatic rings. The van der Waals surface area contributed by atoms with E-state index in [1.165, 1.54) is 23.6 Å². The number of amides is 1. The van der Waals surface area contributed by atoms with Crippen LogP contribution in [0.25, 0.3) is 0 Å². The van der Waals surface area contributed by atoms with Crippen LogP contribution in [-0.2, 0) is 14.8 Å². The van der Waals surface area contributed by atoms with Crippen molar-refractivity contribution in [2.75, 3.05) is 25.0 Å². The summed E-state index contributed by atoms with van der Waals surface area (Å²) in [4.78, 5) is 13.8. The fourth-order valence-electron chi connectivity index (χ4n) is 3.73. The zero-order valence-corrected chi connectivity index (χ0v) is 15.1. The van der Waals surface area contributed by atoms with E-state index in [2.05, 4.69) is 0 Å². The van der Waals surface area contributed by atoms with E-state index in [4.69, 9.17) is 0 Å². The Kier molecular flexibility index (Phi) is 5.25. The first-order valence-corrected chi connectivity index (χ1v) is 10.3. The Morgan fingerprint density at radius 2 is 1.75 bits per heavy atom. The standard InChI is InChI=1S/C18H26N2O3S/c1-19(14-15-6-3-2-4-7-15)24(22,23)17-11-9-16(10-12-17)20-13-5-8-18(20)21/h9-12,15H,2-8,13-14H2,1H3. The molecular weight excluding hydrogens is 324 g/mol. The van der Waals surface area contributed by atoms with Crippen molar-refractivity contribution in [1.82, 2.24) is 4.31 Å². The highest BCUT2D eigenvalue weighted by Crippen LogP contribution is 2.27. The molecule has 24 heavy (non-hydrogen) atoms. The number of hydrogen-bond donors (Lipinski definition) is 0. The Bertz CT molecular complexity index is 679. The monoisotopic (exact) mass is 350 g/mol. The van der Waals surface area contributed by atoms with Crippen LogP contribution >= 0.6 is 0 Å². The molecule has 1 heterocycles. The van der Waals surface area contributed by atoms with E-state index in [0.29, 0.717) is 30.3 Å². The van der Waals surface area contributed by atoms with E-state index in [9.17, 15) is 13.2 Å². The molecule has 1 aromatic rings. The molecule has 1 saturated heterocycles. The summed E-state index contributed by atoms with van der Waals surface area (Å²) in [5.74, 6) is 0.583. The zero-order chi connectivity index (χ0) is 17.2. The molecule has 1 amide bonds. The molecule has 1 aromatic carbocycles. The van der Waals surface area contributed by atoms with Gasteiger partial charge in [-0.3, -0.25) is 4.79 Å². The number of benzene rings is 1. The van der Waals surface area contributed by atoms with Gasteiger partial charge in [0.1, 0.15) is 0 Å². The van der Waals surface area contributed by atoms with Crippen molar-refractivity contribution in [3.8, 4) is 0 Å². The Labute approximate surface area is 144 Å². The van der Waals surface area contributed by atoms with Gasteiger partial charge in [-0.05, 0) is 49.4 Å². The molecular formula is C18H26N2O3S. The molecule has 6 heteroatoms. The van der Waals surface area contributed by atoms with Gasteiger partial charge in [-0.15, -0.1) is 0 Å².